The molecule has 0 amide bonds. The number of para-hydroxylation sites is 1. The van der Waals surface area contributed by atoms with Crippen LogP contribution < -0.4 is 10.7 Å². The van der Waals surface area contributed by atoms with E-state index in [4.69, 9.17) is 17.3 Å². The van der Waals surface area contributed by atoms with Gasteiger partial charge in [-0.3, -0.25) is 0 Å². The van der Waals surface area contributed by atoms with Crippen LogP contribution >= 0.6 is 11.6 Å². The number of hydrogen-bond donors (Lipinski definition) is 2. The molecule has 2 aromatic rings. The third kappa shape index (κ3) is 3.25. The van der Waals surface area contributed by atoms with Crippen LogP contribution in [0.4, 0.5) is 5.69 Å². The van der Waals surface area contributed by atoms with Crippen LogP contribution in [0.15, 0.2) is 59.2 Å². The van der Waals surface area contributed by atoms with E-state index >= 15 is 0 Å². The summed E-state index contributed by atoms with van der Waals surface area (Å²) in [7, 11) is 0. The third-order valence-corrected chi connectivity index (χ3v) is 4.28. The van der Waals surface area contributed by atoms with Crippen LogP contribution in [-0.4, -0.2) is 17.0 Å². The van der Waals surface area contributed by atoms with E-state index in [0.717, 1.165) is 5.69 Å². The minimum atomic E-state index is -0.756. The first-order chi connectivity index (χ1) is 12.5. The molecule has 2 aromatic carbocycles. The molecule has 26 heavy (non-hydrogen) atoms. The molecule has 1 aliphatic heterocycles. The lowest BCUT2D eigenvalue weighted by atomic mass is 9.95. The van der Waals surface area contributed by atoms with E-state index < -0.39 is 12.1 Å². The van der Waals surface area contributed by atoms with Crippen LogP contribution in [-0.2, 0) is 0 Å². The summed E-state index contributed by atoms with van der Waals surface area (Å²) in [6.07, 6.45) is 0.868. The highest BCUT2D eigenvalue weighted by Crippen LogP contribution is 2.30. The number of nitrogens with zero attached hydrogens (tertiary/aromatic N) is 4. The Morgan fingerprint density at radius 3 is 2.58 bits per heavy atom. The second kappa shape index (κ2) is 7.28. The number of nitriles is 2. The molecule has 0 unspecified atom stereocenters. The van der Waals surface area contributed by atoms with Crippen LogP contribution in [0.1, 0.15) is 5.56 Å². The maximum Gasteiger partial charge on any atom is 0.134 e. The lowest BCUT2D eigenvalue weighted by Crippen LogP contribution is -2.40. The van der Waals surface area contributed by atoms with Gasteiger partial charge in [-0.05, 0) is 35.9 Å². The van der Waals surface area contributed by atoms with Crippen molar-refractivity contribution in [3.63, 3.8) is 0 Å². The van der Waals surface area contributed by atoms with Crippen molar-refractivity contribution in [1.82, 2.24) is 0 Å². The lowest BCUT2D eigenvalue weighted by Gasteiger charge is -2.21. The van der Waals surface area contributed by atoms with Gasteiger partial charge >= 0.3 is 0 Å². The maximum atomic E-state index is 9.58. The summed E-state index contributed by atoms with van der Waals surface area (Å²) in [5.41, 5.74) is 8.04. The Balaban J connectivity index is 2.03. The average molecular weight is 364 g/mol. The molecule has 7 heteroatoms. The predicted octanol–water partition coefficient (Wildman–Crippen LogP) is 3.25. The number of phenolic OH excluding ortho intramolecular Hbond substituents is 1. The van der Waals surface area contributed by atoms with Gasteiger partial charge in [-0.2, -0.15) is 15.6 Å². The predicted molar refractivity (Wildman–Crippen MR) is 100 cm³/mol. The van der Waals surface area contributed by atoms with Gasteiger partial charge in [0, 0.05) is 0 Å². The standard InChI is InChI=1S/C19H14ClN5O/c20-16-9-12(6-7-17(16)26)8-13(10-21)18-15(11-22)19(23)25(24-18)14-4-2-1-3-5-14/h1-9,15,19,26H,23H2/b13-8-/t15-,19+/m1/s1. The molecule has 3 rings (SSSR count). The molecule has 2 atom stereocenters. The Morgan fingerprint density at radius 2 is 1.96 bits per heavy atom. The number of benzene rings is 2. The fourth-order valence-corrected chi connectivity index (χ4v) is 2.85. The van der Waals surface area contributed by atoms with E-state index in [1.165, 1.54) is 17.1 Å². The first kappa shape index (κ1) is 17.5. The summed E-state index contributed by atoms with van der Waals surface area (Å²) in [5, 5.41) is 34.8. The van der Waals surface area contributed by atoms with E-state index in [9.17, 15) is 15.6 Å². The molecule has 0 aromatic heterocycles. The number of anilines is 1. The molecule has 0 aliphatic carbocycles. The smallest absolute Gasteiger partial charge is 0.134 e. The number of aromatic hydroxyl groups is 1. The van der Waals surface area contributed by atoms with Crippen LogP contribution in [0.5, 0.6) is 5.75 Å². The van der Waals surface area contributed by atoms with E-state index in [2.05, 4.69) is 17.2 Å². The van der Waals surface area contributed by atoms with Gasteiger partial charge in [0.2, 0.25) is 0 Å². The Kier molecular flexibility index (Phi) is 4.90. The van der Waals surface area contributed by atoms with Crippen molar-refractivity contribution >= 4 is 29.1 Å². The fourth-order valence-electron chi connectivity index (χ4n) is 2.66. The van der Waals surface area contributed by atoms with Crippen molar-refractivity contribution in [1.29, 1.82) is 10.5 Å². The quantitative estimate of drug-likeness (QED) is 0.813. The molecule has 1 heterocycles. The molecule has 0 saturated carbocycles. The van der Waals surface area contributed by atoms with E-state index in [0.29, 0.717) is 11.3 Å². The number of hydrazone groups is 1. The Bertz CT molecular complexity index is 972. The van der Waals surface area contributed by atoms with Crippen LogP contribution in [0, 0.1) is 28.6 Å². The highest BCUT2D eigenvalue weighted by molar-refractivity contribution is 6.32. The first-order valence-electron chi connectivity index (χ1n) is 7.74. The number of rotatable bonds is 3. The molecule has 0 spiro atoms. The zero-order chi connectivity index (χ0) is 18.7. The van der Waals surface area contributed by atoms with E-state index in [1.807, 2.05) is 30.3 Å². The van der Waals surface area contributed by atoms with Gasteiger partial charge < -0.3 is 10.8 Å². The third-order valence-electron chi connectivity index (χ3n) is 3.97. The van der Waals surface area contributed by atoms with Crippen molar-refractivity contribution in [2.75, 3.05) is 5.01 Å². The summed E-state index contributed by atoms with van der Waals surface area (Å²) in [6, 6.07) is 18.0. The van der Waals surface area contributed by atoms with Gasteiger partial charge in [0.1, 0.15) is 23.9 Å². The number of allylic oxidation sites excluding steroid dienone is 1. The van der Waals surface area contributed by atoms with Crippen molar-refractivity contribution in [3.8, 4) is 17.9 Å². The molecule has 0 fully saturated rings. The summed E-state index contributed by atoms with van der Waals surface area (Å²) >= 11 is 5.91. The van der Waals surface area contributed by atoms with Crippen LogP contribution in [0.25, 0.3) is 6.08 Å². The SMILES string of the molecule is N#C/C(=C/c1ccc(O)c(Cl)c1)C1=NN(c2ccccc2)[C@H](N)[C@@H]1C#N. The zero-order valence-corrected chi connectivity index (χ0v) is 14.3. The van der Waals surface area contributed by atoms with Crippen LogP contribution in [0.2, 0.25) is 5.02 Å². The largest absolute Gasteiger partial charge is 0.506 e. The Labute approximate surface area is 155 Å². The number of phenols is 1. The molecule has 0 bridgehead atoms. The topological polar surface area (TPSA) is 109 Å². The highest BCUT2D eigenvalue weighted by atomic mass is 35.5. The summed E-state index contributed by atoms with van der Waals surface area (Å²) < 4.78 is 0. The molecule has 0 radical (unpaired) electrons. The van der Waals surface area contributed by atoms with E-state index in [1.54, 1.807) is 12.1 Å². The molecule has 3 N–H and O–H groups in total. The summed E-state index contributed by atoms with van der Waals surface area (Å²) in [4.78, 5) is 0. The van der Waals surface area contributed by atoms with Gasteiger partial charge in [-0.15, -0.1) is 0 Å². The zero-order valence-electron chi connectivity index (χ0n) is 13.5. The van der Waals surface area contributed by atoms with Crippen molar-refractivity contribution in [2.24, 2.45) is 16.8 Å². The second-order valence-corrected chi connectivity index (χ2v) is 6.05. The summed E-state index contributed by atoms with van der Waals surface area (Å²) in [6.45, 7) is 0. The molecular formula is C19H14ClN5O. The Morgan fingerprint density at radius 1 is 1.23 bits per heavy atom. The Hall–Kier alpha value is -3.32. The van der Waals surface area contributed by atoms with Crippen molar-refractivity contribution < 1.29 is 5.11 Å². The minimum Gasteiger partial charge on any atom is -0.506 e. The summed E-state index contributed by atoms with van der Waals surface area (Å²) in [5.74, 6) is -0.804. The minimum absolute atomic E-state index is 0.0484. The van der Waals surface area contributed by atoms with Crippen molar-refractivity contribution in [2.45, 2.75) is 6.17 Å². The van der Waals surface area contributed by atoms with Crippen LogP contribution in [0.3, 0.4) is 0 Å². The number of halogens is 1. The molecular weight excluding hydrogens is 350 g/mol. The van der Waals surface area contributed by atoms with Gasteiger partial charge in [0.25, 0.3) is 0 Å². The lowest BCUT2D eigenvalue weighted by molar-refractivity contribution is 0.475. The number of nitrogens with two attached hydrogens (primary N) is 1. The number of hydrogen-bond acceptors (Lipinski definition) is 6. The van der Waals surface area contributed by atoms with Gasteiger partial charge in [-0.25, -0.2) is 5.01 Å². The maximum absolute atomic E-state index is 9.58. The molecule has 128 valence electrons. The average Bonchev–Trinajstić information content (AvgIpc) is 2.99. The van der Waals surface area contributed by atoms with Gasteiger partial charge in [0.05, 0.1) is 28.1 Å². The fraction of sp³-hybridized carbons (Fsp3) is 0.105. The molecule has 1 aliphatic rings. The monoisotopic (exact) mass is 363 g/mol. The normalized spacial score (nSPS) is 19.6. The highest BCUT2D eigenvalue weighted by Gasteiger charge is 2.37. The molecule has 0 saturated heterocycles. The molecule has 6 nitrogen and oxygen atoms in total. The van der Waals surface area contributed by atoms with Gasteiger partial charge in [-0.1, -0.05) is 35.9 Å². The second-order valence-electron chi connectivity index (χ2n) is 5.64. The van der Waals surface area contributed by atoms with Crippen molar-refractivity contribution in [3.05, 3.63) is 64.7 Å². The van der Waals surface area contributed by atoms with Gasteiger partial charge in [0.15, 0.2) is 0 Å². The first-order valence-corrected chi connectivity index (χ1v) is 8.11. The van der Waals surface area contributed by atoms with E-state index in [-0.39, 0.29) is 16.3 Å².